The molecule has 1 aromatic heterocycles. The van der Waals surface area contributed by atoms with Crippen molar-refractivity contribution in [2.75, 3.05) is 14.1 Å². The van der Waals surface area contributed by atoms with Crippen LogP contribution >= 0.6 is 0 Å². The maximum atomic E-state index is 11.8. The molecule has 2 rings (SSSR count). The highest BCUT2D eigenvalue weighted by Crippen LogP contribution is 2.11. The number of hydrogen-bond donors (Lipinski definition) is 0. The minimum atomic E-state index is -0.137. The highest BCUT2D eigenvalue weighted by atomic mass is 16.2. The molecular formula is C15H17N3O2. The smallest absolute Gasteiger partial charge is 0.273 e. The van der Waals surface area contributed by atoms with E-state index in [9.17, 15) is 9.59 Å². The van der Waals surface area contributed by atoms with Crippen LogP contribution in [-0.4, -0.2) is 40.5 Å². The summed E-state index contributed by atoms with van der Waals surface area (Å²) in [5, 5.41) is 4.24. The van der Waals surface area contributed by atoms with Crippen molar-refractivity contribution >= 4 is 11.7 Å². The normalized spacial score (nSPS) is 10.3. The Labute approximate surface area is 117 Å². The third-order valence-corrected chi connectivity index (χ3v) is 2.99. The van der Waals surface area contributed by atoms with Crippen molar-refractivity contribution < 1.29 is 9.59 Å². The van der Waals surface area contributed by atoms with E-state index in [0.29, 0.717) is 17.7 Å². The molecule has 1 heterocycles. The predicted octanol–water partition coefficient (Wildman–Crippen LogP) is 2.17. The van der Waals surface area contributed by atoms with E-state index in [2.05, 4.69) is 5.10 Å². The van der Waals surface area contributed by atoms with Crippen LogP contribution in [0.15, 0.2) is 36.5 Å². The average Bonchev–Trinajstić information content (AvgIpc) is 2.95. The molecule has 1 amide bonds. The van der Waals surface area contributed by atoms with Gasteiger partial charge in [0.1, 0.15) is 0 Å². The summed E-state index contributed by atoms with van der Waals surface area (Å²) in [6.45, 7) is 1.84. The molecule has 0 spiro atoms. The third-order valence-electron chi connectivity index (χ3n) is 2.99. The quantitative estimate of drug-likeness (QED) is 0.801. The lowest BCUT2D eigenvalue weighted by molar-refractivity contribution is 0.0821. The van der Waals surface area contributed by atoms with Gasteiger partial charge in [0.2, 0.25) is 0 Å². The highest BCUT2D eigenvalue weighted by Gasteiger charge is 2.12. The van der Waals surface area contributed by atoms with Crippen molar-refractivity contribution in [3.05, 3.63) is 47.8 Å². The maximum Gasteiger partial charge on any atom is 0.273 e. The fraction of sp³-hybridized carbons (Fsp3) is 0.267. The van der Waals surface area contributed by atoms with Gasteiger partial charge in [-0.25, -0.2) is 4.68 Å². The second-order valence-corrected chi connectivity index (χ2v) is 4.67. The summed E-state index contributed by atoms with van der Waals surface area (Å²) in [6, 6.07) is 8.86. The average molecular weight is 271 g/mol. The fourth-order valence-corrected chi connectivity index (χ4v) is 1.82. The van der Waals surface area contributed by atoms with Gasteiger partial charge in [-0.15, -0.1) is 0 Å². The lowest BCUT2D eigenvalue weighted by Gasteiger charge is -2.07. The Kier molecular flexibility index (Phi) is 3.98. The Morgan fingerprint density at radius 1 is 1.15 bits per heavy atom. The molecule has 0 aliphatic heterocycles. The molecule has 5 nitrogen and oxygen atoms in total. The second-order valence-electron chi connectivity index (χ2n) is 4.67. The zero-order valence-corrected chi connectivity index (χ0v) is 11.8. The Hall–Kier alpha value is -2.43. The molecule has 5 heteroatoms. The first-order valence-electron chi connectivity index (χ1n) is 6.44. The van der Waals surface area contributed by atoms with Gasteiger partial charge in [0.25, 0.3) is 5.91 Å². The van der Waals surface area contributed by atoms with Gasteiger partial charge in [-0.05, 0) is 30.3 Å². The lowest BCUT2D eigenvalue weighted by Crippen LogP contribution is -2.22. The van der Waals surface area contributed by atoms with Gasteiger partial charge in [0.05, 0.1) is 5.69 Å². The van der Waals surface area contributed by atoms with Gasteiger partial charge in [0.15, 0.2) is 11.5 Å². The molecule has 0 aliphatic rings. The van der Waals surface area contributed by atoms with Crippen LogP contribution in [-0.2, 0) is 0 Å². The van der Waals surface area contributed by atoms with E-state index < -0.39 is 0 Å². The van der Waals surface area contributed by atoms with Crippen molar-refractivity contribution in [3.63, 3.8) is 0 Å². The molecule has 0 N–H and O–H groups in total. The minimum absolute atomic E-state index is 0.112. The topological polar surface area (TPSA) is 55.2 Å². The fourth-order valence-electron chi connectivity index (χ4n) is 1.82. The first kappa shape index (κ1) is 14.0. The number of aromatic nitrogens is 2. The number of rotatable bonds is 4. The van der Waals surface area contributed by atoms with Gasteiger partial charge in [-0.3, -0.25) is 9.59 Å². The van der Waals surface area contributed by atoms with Gasteiger partial charge in [-0.2, -0.15) is 5.10 Å². The Morgan fingerprint density at radius 2 is 1.80 bits per heavy atom. The molecule has 104 valence electrons. The second kappa shape index (κ2) is 5.69. The predicted molar refractivity (Wildman–Crippen MR) is 76.2 cm³/mol. The van der Waals surface area contributed by atoms with E-state index in [1.54, 1.807) is 43.2 Å². The first-order chi connectivity index (χ1) is 9.52. The monoisotopic (exact) mass is 271 g/mol. The van der Waals surface area contributed by atoms with Crippen LogP contribution < -0.4 is 0 Å². The van der Waals surface area contributed by atoms with Crippen molar-refractivity contribution in [3.8, 4) is 5.69 Å². The van der Waals surface area contributed by atoms with E-state index in [1.807, 2.05) is 19.1 Å². The van der Waals surface area contributed by atoms with E-state index in [0.717, 1.165) is 5.69 Å². The summed E-state index contributed by atoms with van der Waals surface area (Å²) in [5.74, 6) is -0.0259. The molecule has 0 fully saturated rings. The third kappa shape index (κ3) is 2.77. The van der Waals surface area contributed by atoms with E-state index in [1.165, 1.54) is 4.90 Å². The molecule has 2 aromatic rings. The highest BCUT2D eigenvalue weighted by molar-refractivity contribution is 5.96. The van der Waals surface area contributed by atoms with Crippen LogP contribution in [0, 0.1) is 0 Å². The Morgan fingerprint density at radius 3 is 2.35 bits per heavy atom. The van der Waals surface area contributed by atoms with Crippen LogP contribution in [0.1, 0.15) is 34.2 Å². The number of carbonyl (C=O) groups excluding carboxylic acids is 2. The van der Waals surface area contributed by atoms with Crippen molar-refractivity contribution in [1.82, 2.24) is 14.7 Å². The number of amides is 1. The zero-order valence-electron chi connectivity index (χ0n) is 11.8. The maximum absolute atomic E-state index is 11.8. The van der Waals surface area contributed by atoms with Crippen LogP contribution in [0.2, 0.25) is 0 Å². The molecular weight excluding hydrogens is 254 g/mol. The summed E-state index contributed by atoms with van der Waals surface area (Å²) in [4.78, 5) is 24.8. The van der Waals surface area contributed by atoms with Crippen molar-refractivity contribution in [2.24, 2.45) is 0 Å². The van der Waals surface area contributed by atoms with E-state index in [-0.39, 0.29) is 11.7 Å². The number of carbonyl (C=O) groups is 2. The van der Waals surface area contributed by atoms with E-state index >= 15 is 0 Å². The van der Waals surface area contributed by atoms with E-state index in [4.69, 9.17) is 0 Å². The molecule has 0 saturated carbocycles. The lowest BCUT2D eigenvalue weighted by atomic mass is 10.1. The standard InChI is InChI=1S/C15H17N3O2/c1-4-14(19)11-5-7-12(8-6-11)18-10-9-13(16-18)15(20)17(2)3/h5-10H,4H2,1-3H3. The first-order valence-corrected chi connectivity index (χ1v) is 6.44. The Balaban J connectivity index is 2.24. The van der Waals surface area contributed by atoms with Crippen molar-refractivity contribution in [2.45, 2.75) is 13.3 Å². The molecule has 0 aliphatic carbocycles. The SMILES string of the molecule is CCC(=O)c1ccc(-n2ccc(C(=O)N(C)C)n2)cc1. The molecule has 20 heavy (non-hydrogen) atoms. The molecule has 0 unspecified atom stereocenters. The molecule has 0 atom stereocenters. The Bertz CT molecular complexity index is 627. The zero-order chi connectivity index (χ0) is 14.7. The van der Waals surface area contributed by atoms with Crippen molar-refractivity contribution in [1.29, 1.82) is 0 Å². The van der Waals surface area contributed by atoms with Gasteiger partial charge in [0, 0.05) is 32.3 Å². The van der Waals surface area contributed by atoms with Crippen LogP contribution in [0.5, 0.6) is 0 Å². The molecule has 0 bridgehead atoms. The summed E-state index contributed by atoms with van der Waals surface area (Å²) in [6.07, 6.45) is 2.22. The summed E-state index contributed by atoms with van der Waals surface area (Å²) in [5.41, 5.74) is 1.90. The molecule has 0 saturated heterocycles. The largest absolute Gasteiger partial charge is 0.343 e. The van der Waals surface area contributed by atoms with Gasteiger partial charge < -0.3 is 4.90 Å². The van der Waals surface area contributed by atoms with Crippen LogP contribution in [0.25, 0.3) is 5.69 Å². The molecule has 0 radical (unpaired) electrons. The summed E-state index contributed by atoms with van der Waals surface area (Å²) >= 11 is 0. The number of Topliss-reactive ketones (excluding diaryl/α,β-unsaturated/α-hetero) is 1. The number of ketones is 1. The summed E-state index contributed by atoms with van der Waals surface area (Å²) < 4.78 is 1.62. The van der Waals surface area contributed by atoms with Gasteiger partial charge >= 0.3 is 0 Å². The molecule has 1 aromatic carbocycles. The van der Waals surface area contributed by atoms with Crippen LogP contribution in [0.4, 0.5) is 0 Å². The minimum Gasteiger partial charge on any atom is -0.343 e. The van der Waals surface area contributed by atoms with Crippen LogP contribution in [0.3, 0.4) is 0 Å². The number of hydrogen-bond acceptors (Lipinski definition) is 3. The summed E-state index contributed by atoms with van der Waals surface area (Å²) in [7, 11) is 3.37. The van der Waals surface area contributed by atoms with Gasteiger partial charge in [-0.1, -0.05) is 6.92 Å². The number of nitrogens with zero attached hydrogens (tertiary/aromatic N) is 3. The number of benzene rings is 1.